The second-order valence-corrected chi connectivity index (χ2v) is 16.3. The zero-order chi connectivity index (χ0) is 41.1. The highest BCUT2D eigenvalue weighted by atomic mass is 32.2. The van der Waals surface area contributed by atoms with Crippen molar-refractivity contribution in [1.82, 2.24) is 35.4 Å². The summed E-state index contributed by atoms with van der Waals surface area (Å²) in [5, 5.41) is 14.7. The molecule has 0 bridgehead atoms. The number of hydrogen-bond donors (Lipinski definition) is 4. The summed E-state index contributed by atoms with van der Waals surface area (Å²) < 4.78 is 17.9. The van der Waals surface area contributed by atoms with E-state index in [2.05, 4.69) is 25.9 Å². The minimum Gasteiger partial charge on any atom is -0.444 e. The molecule has 0 saturated heterocycles. The Morgan fingerprint density at radius 3 is 2.23 bits per heavy atom. The van der Waals surface area contributed by atoms with E-state index in [1.165, 1.54) is 19.3 Å². The Hall–Kier alpha value is -4.63. The quantitative estimate of drug-likeness (QED) is 0.100. The van der Waals surface area contributed by atoms with Crippen LogP contribution >= 0.6 is 11.8 Å². The van der Waals surface area contributed by atoms with E-state index in [0.717, 1.165) is 30.2 Å². The molecule has 14 nitrogen and oxygen atoms in total. The van der Waals surface area contributed by atoms with Crippen LogP contribution in [0.1, 0.15) is 105 Å². The highest BCUT2D eigenvalue weighted by Crippen LogP contribution is 2.28. The first-order chi connectivity index (χ1) is 26.6. The molecule has 1 saturated carbocycles. The molecule has 1 unspecified atom stereocenters. The molecule has 0 spiro atoms. The number of carbonyl (C=O) groups is 2. The Kier molecular flexibility index (Phi) is 18.6. The number of amides is 2. The van der Waals surface area contributed by atoms with Crippen LogP contribution in [0.2, 0.25) is 0 Å². The van der Waals surface area contributed by atoms with E-state index in [1.54, 1.807) is 22.6 Å². The van der Waals surface area contributed by atoms with Gasteiger partial charge >= 0.3 is 12.2 Å². The lowest BCUT2D eigenvalue weighted by molar-refractivity contribution is 0.0489. The molecule has 1 aliphatic rings. The first kappa shape index (κ1) is 45.8. The smallest absolute Gasteiger partial charge is 0.407 e. The molecule has 15 heteroatoms. The number of ether oxygens (including phenoxy) is 3. The van der Waals surface area contributed by atoms with Crippen LogP contribution in [-0.2, 0) is 20.9 Å². The van der Waals surface area contributed by atoms with E-state index in [9.17, 15) is 9.59 Å². The van der Waals surface area contributed by atoms with Gasteiger partial charge in [0.15, 0.2) is 5.65 Å². The number of fused-ring (bicyclic) bond motifs is 1. The van der Waals surface area contributed by atoms with Crippen LogP contribution in [0.5, 0.6) is 0 Å². The van der Waals surface area contributed by atoms with Gasteiger partial charge in [0.2, 0.25) is 5.95 Å². The second-order valence-electron chi connectivity index (χ2n) is 15.5. The van der Waals surface area contributed by atoms with Crippen molar-refractivity contribution < 1.29 is 23.8 Å². The van der Waals surface area contributed by atoms with E-state index in [1.807, 2.05) is 110 Å². The molecular weight excluding hydrogens is 731 g/mol. The lowest BCUT2D eigenvalue weighted by atomic mass is 9.96. The Morgan fingerprint density at radius 1 is 0.929 bits per heavy atom. The molecule has 1 aromatic carbocycles. The molecule has 308 valence electrons. The molecule has 2 amide bonds. The van der Waals surface area contributed by atoms with Crippen molar-refractivity contribution in [2.24, 2.45) is 0 Å². The van der Waals surface area contributed by atoms with Crippen molar-refractivity contribution in [3.05, 3.63) is 60.3 Å². The average Bonchev–Trinajstić information content (AvgIpc) is 3.48. The molecule has 0 aliphatic heterocycles. The van der Waals surface area contributed by atoms with E-state index in [4.69, 9.17) is 30.0 Å². The van der Waals surface area contributed by atoms with Crippen LogP contribution in [0.15, 0.2) is 54.7 Å². The zero-order valence-corrected chi connectivity index (χ0v) is 35.5. The van der Waals surface area contributed by atoms with E-state index < -0.39 is 17.3 Å². The Morgan fingerprint density at radius 2 is 1.59 bits per heavy atom. The van der Waals surface area contributed by atoms with Gasteiger partial charge in [0.05, 0.1) is 17.1 Å². The molecule has 0 radical (unpaired) electrons. The van der Waals surface area contributed by atoms with Crippen LogP contribution in [0.3, 0.4) is 0 Å². The van der Waals surface area contributed by atoms with Crippen LogP contribution in [0.25, 0.3) is 22.4 Å². The van der Waals surface area contributed by atoms with Crippen molar-refractivity contribution in [1.29, 1.82) is 0 Å². The molecular formula is C41H63N9O5S. The number of hydrogen-bond acceptors (Lipinski definition) is 12. The largest absolute Gasteiger partial charge is 0.444 e. The number of nitrogens with one attached hydrogen (secondary N) is 3. The highest BCUT2D eigenvalue weighted by molar-refractivity contribution is 7.97. The number of nitrogens with two attached hydrogens (primary N) is 1. The van der Waals surface area contributed by atoms with Gasteiger partial charge in [-0.1, -0.05) is 62.6 Å². The Labute approximate surface area is 336 Å². The van der Waals surface area contributed by atoms with Crippen LogP contribution in [0, 0.1) is 0 Å². The van der Waals surface area contributed by atoms with Crippen LogP contribution in [0.4, 0.5) is 21.4 Å². The molecule has 5 rings (SSSR count). The monoisotopic (exact) mass is 793 g/mol. The lowest BCUT2D eigenvalue weighted by Gasteiger charge is -2.25. The van der Waals surface area contributed by atoms with Gasteiger partial charge in [-0.25, -0.2) is 24.2 Å². The SMILES string of the molecule is CC(C)(C)OC(=O)NC1CCCCC1.CCCOCn1nc(-c2cccc(NC(CCNC(=O)OC(C)(C)C)c3ccccc3)n2)c2cnc(N)nc21.CSC. The highest BCUT2D eigenvalue weighted by Gasteiger charge is 2.22. The fraction of sp³-hybridized carbons (Fsp3) is 0.561. The predicted octanol–water partition coefficient (Wildman–Crippen LogP) is 8.75. The number of thioether (sulfide) groups is 1. The van der Waals surface area contributed by atoms with Gasteiger partial charge in [-0.05, 0) is 97.4 Å². The summed E-state index contributed by atoms with van der Waals surface area (Å²) in [6, 6.07) is 16.0. The topological polar surface area (TPSA) is 180 Å². The summed E-state index contributed by atoms with van der Waals surface area (Å²) in [5.74, 6) is 0.833. The standard InChI is InChI=1S/C28H36N8O3.C11H21NO2.C2H6S/c1-5-16-38-18-36-25-20(17-31-26(29)34-25)24(35-36)22-12-9-13-23(33-22)32-21(19-10-7-6-8-11-19)14-15-30-27(37)39-28(2,3)4;1-11(2,3)14-10(13)12-9-7-5-4-6-8-9;1-3-2/h6-13,17,21H,5,14-16,18H2,1-4H3,(H,30,37)(H,32,33)(H2,29,31,34);9H,4-8H2,1-3H3,(H,12,13);1-2H3. The van der Waals surface area contributed by atoms with Crippen molar-refractivity contribution in [2.45, 2.75) is 123 Å². The van der Waals surface area contributed by atoms with E-state index in [-0.39, 0.29) is 24.8 Å². The van der Waals surface area contributed by atoms with Crippen molar-refractivity contribution in [2.75, 3.05) is 36.7 Å². The molecule has 3 heterocycles. The zero-order valence-electron chi connectivity index (χ0n) is 34.7. The number of rotatable bonds is 12. The van der Waals surface area contributed by atoms with Gasteiger partial charge < -0.3 is 35.9 Å². The normalized spacial score (nSPS) is 13.7. The molecule has 1 fully saturated rings. The van der Waals surface area contributed by atoms with Gasteiger partial charge in [-0.2, -0.15) is 21.8 Å². The van der Waals surface area contributed by atoms with Crippen LogP contribution < -0.4 is 21.7 Å². The maximum absolute atomic E-state index is 12.1. The average molecular weight is 794 g/mol. The summed E-state index contributed by atoms with van der Waals surface area (Å²) in [4.78, 5) is 36.9. The molecule has 1 atom stereocenters. The summed E-state index contributed by atoms with van der Waals surface area (Å²) >= 11 is 1.75. The first-order valence-corrected chi connectivity index (χ1v) is 21.0. The number of nitrogens with zero attached hydrogens (tertiary/aromatic N) is 5. The number of benzene rings is 1. The molecule has 1 aliphatic carbocycles. The molecule has 4 aromatic rings. The number of aromatic nitrogens is 5. The summed E-state index contributed by atoms with van der Waals surface area (Å²) in [6.45, 7) is 14.5. The molecule has 3 aromatic heterocycles. The van der Waals surface area contributed by atoms with Crippen LogP contribution in [-0.4, -0.2) is 79.8 Å². The summed E-state index contributed by atoms with van der Waals surface area (Å²) in [5.41, 5.74) is 7.86. The number of anilines is 2. The minimum atomic E-state index is -0.554. The van der Waals surface area contributed by atoms with E-state index in [0.29, 0.717) is 48.5 Å². The fourth-order valence-electron chi connectivity index (χ4n) is 5.73. The van der Waals surface area contributed by atoms with Gasteiger partial charge in [-0.15, -0.1) is 0 Å². The Balaban J connectivity index is 0.000000412. The van der Waals surface area contributed by atoms with Crippen molar-refractivity contribution in [3.63, 3.8) is 0 Å². The molecule has 5 N–H and O–H groups in total. The number of carbonyl (C=O) groups excluding carboxylic acids is 2. The van der Waals surface area contributed by atoms with Crippen molar-refractivity contribution >= 4 is 46.7 Å². The fourth-order valence-corrected chi connectivity index (χ4v) is 5.73. The van der Waals surface area contributed by atoms with Gasteiger partial charge in [-0.3, -0.25) is 0 Å². The maximum atomic E-state index is 12.1. The van der Waals surface area contributed by atoms with Crippen molar-refractivity contribution in [3.8, 4) is 11.4 Å². The minimum absolute atomic E-state index is 0.108. The number of nitrogen functional groups attached to an aromatic ring is 1. The van der Waals surface area contributed by atoms with Gasteiger partial charge in [0.25, 0.3) is 0 Å². The van der Waals surface area contributed by atoms with Gasteiger partial charge in [0.1, 0.15) is 29.4 Å². The number of alkyl carbamates (subject to hydrolysis) is 2. The van der Waals surface area contributed by atoms with Gasteiger partial charge in [0, 0.05) is 25.4 Å². The third-order valence-corrected chi connectivity index (χ3v) is 8.01. The van der Waals surface area contributed by atoms with E-state index >= 15 is 0 Å². The third-order valence-electron chi connectivity index (χ3n) is 8.01. The Bertz CT molecular complexity index is 1770. The molecule has 56 heavy (non-hydrogen) atoms. The predicted molar refractivity (Wildman–Crippen MR) is 227 cm³/mol. The lowest BCUT2D eigenvalue weighted by Crippen LogP contribution is -2.39. The third kappa shape index (κ3) is 16.6. The summed E-state index contributed by atoms with van der Waals surface area (Å²) in [7, 11) is 0. The maximum Gasteiger partial charge on any atom is 0.407 e. The number of pyridine rings is 1. The first-order valence-electron chi connectivity index (χ1n) is 19.3. The summed E-state index contributed by atoms with van der Waals surface area (Å²) in [6.07, 6.45) is 12.5. The second kappa shape index (κ2) is 22.8.